The SMILES string of the molecule is Cc1cnc(CNC(=O)C2CCC(CN)O2)o1. The van der Waals surface area contributed by atoms with Crippen molar-refractivity contribution < 1.29 is 13.9 Å². The van der Waals surface area contributed by atoms with Crippen LogP contribution < -0.4 is 11.1 Å². The summed E-state index contributed by atoms with van der Waals surface area (Å²) in [6.45, 7) is 2.56. The lowest BCUT2D eigenvalue weighted by Gasteiger charge is -2.11. The van der Waals surface area contributed by atoms with E-state index in [-0.39, 0.29) is 18.1 Å². The van der Waals surface area contributed by atoms with Crippen molar-refractivity contribution in [2.24, 2.45) is 5.73 Å². The second kappa shape index (κ2) is 5.29. The predicted molar refractivity (Wildman–Crippen MR) is 60.0 cm³/mol. The van der Waals surface area contributed by atoms with Crippen LogP contribution in [-0.2, 0) is 16.1 Å². The number of hydrogen-bond donors (Lipinski definition) is 2. The van der Waals surface area contributed by atoms with Gasteiger partial charge in [-0.2, -0.15) is 0 Å². The number of aryl methyl sites for hydroxylation is 1. The normalized spacial score (nSPS) is 23.9. The van der Waals surface area contributed by atoms with E-state index in [4.69, 9.17) is 14.9 Å². The fourth-order valence-corrected chi connectivity index (χ4v) is 1.83. The first-order chi connectivity index (χ1) is 8.19. The smallest absolute Gasteiger partial charge is 0.249 e. The van der Waals surface area contributed by atoms with Crippen molar-refractivity contribution in [1.29, 1.82) is 0 Å². The van der Waals surface area contributed by atoms with Gasteiger partial charge in [0, 0.05) is 6.54 Å². The molecule has 0 radical (unpaired) electrons. The molecule has 0 saturated carbocycles. The summed E-state index contributed by atoms with van der Waals surface area (Å²) >= 11 is 0. The third-order valence-corrected chi connectivity index (χ3v) is 2.75. The third-order valence-electron chi connectivity index (χ3n) is 2.75. The van der Waals surface area contributed by atoms with Gasteiger partial charge in [-0.25, -0.2) is 4.98 Å². The molecule has 0 aliphatic carbocycles. The number of nitrogens with two attached hydrogens (primary N) is 1. The van der Waals surface area contributed by atoms with Gasteiger partial charge in [-0.3, -0.25) is 4.79 Å². The number of nitrogens with one attached hydrogen (secondary N) is 1. The minimum Gasteiger partial charge on any atom is -0.444 e. The van der Waals surface area contributed by atoms with Crippen molar-refractivity contribution in [3.05, 3.63) is 17.8 Å². The first-order valence-corrected chi connectivity index (χ1v) is 5.73. The number of oxazole rings is 1. The van der Waals surface area contributed by atoms with Crippen molar-refractivity contribution >= 4 is 5.91 Å². The van der Waals surface area contributed by atoms with E-state index in [1.807, 2.05) is 6.92 Å². The van der Waals surface area contributed by atoms with E-state index in [9.17, 15) is 4.79 Å². The molecule has 2 rings (SSSR count). The standard InChI is InChI=1S/C11H17N3O3/c1-7-5-13-10(16-7)6-14-11(15)9-3-2-8(4-12)17-9/h5,8-9H,2-4,6,12H2,1H3,(H,14,15). The van der Waals surface area contributed by atoms with Crippen molar-refractivity contribution in [1.82, 2.24) is 10.3 Å². The van der Waals surface area contributed by atoms with Gasteiger partial charge in [-0.05, 0) is 19.8 Å². The predicted octanol–water partition coefficient (Wildman–Crippen LogP) is 0.106. The molecular formula is C11H17N3O3. The van der Waals surface area contributed by atoms with Crippen LogP contribution in [0.5, 0.6) is 0 Å². The van der Waals surface area contributed by atoms with Crippen LogP contribution in [0, 0.1) is 6.92 Å². The van der Waals surface area contributed by atoms with E-state index < -0.39 is 0 Å². The topological polar surface area (TPSA) is 90.4 Å². The highest BCUT2D eigenvalue weighted by atomic mass is 16.5. The van der Waals surface area contributed by atoms with Crippen LogP contribution in [0.4, 0.5) is 0 Å². The zero-order valence-corrected chi connectivity index (χ0v) is 9.81. The van der Waals surface area contributed by atoms with E-state index in [2.05, 4.69) is 10.3 Å². The van der Waals surface area contributed by atoms with Gasteiger partial charge in [0.2, 0.25) is 11.8 Å². The van der Waals surface area contributed by atoms with E-state index in [1.165, 1.54) is 0 Å². The van der Waals surface area contributed by atoms with Crippen LogP contribution in [0.2, 0.25) is 0 Å². The molecule has 2 unspecified atom stereocenters. The maximum Gasteiger partial charge on any atom is 0.249 e. The summed E-state index contributed by atoms with van der Waals surface area (Å²) in [5, 5.41) is 2.74. The maximum absolute atomic E-state index is 11.7. The minimum atomic E-state index is -0.389. The fourth-order valence-electron chi connectivity index (χ4n) is 1.83. The molecule has 0 aromatic carbocycles. The average Bonchev–Trinajstić information content (AvgIpc) is 2.94. The van der Waals surface area contributed by atoms with Gasteiger partial charge in [0.1, 0.15) is 11.9 Å². The zero-order chi connectivity index (χ0) is 12.3. The maximum atomic E-state index is 11.7. The first-order valence-electron chi connectivity index (χ1n) is 5.73. The Morgan fingerprint density at radius 1 is 1.65 bits per heavy atom. The summed E-state index contributed by atoms with van der Waals surface area (Å²) in [7, 11) is 0. The van der Waals surface area contributed by atoms with Crippen LogP contribution in [0.25, 0.3) is 0 Å². The van der Waals surface area contributed by atoms with Gasteiger partial charge in [0.05, 0.1) is 18.8 Å². The molecule has 17 heavy (non-hydrogen) atoms. The highest BCUT2D eigenvalue weighted by Crippen LogP contribution is 2.18. The number of hydrogen-bond acceptors (Lipinski definition) is 5. The Hall–Kier alpha value is -1.40. The molecule has 1 saturated heterocycles. The molecule has 1 aliphatic heterocycles. The molecule has 1 fully saturated rings. The van der Waals surface area contributed by atoms with Crippen molar-refractivity contribution in [2.45, 2.75) is 38.5 Å². The largest absolute Gasteiger partial charge is 0.444 e. The van der Waals surface area contributed by atoms with E-state index in [0.717, 1.165) is 18.6 Å². The Bertz CT molecular complexity index is 391. The molecule has 1 aromatic heterocycles. The van der Waals surface area contributed by atoms with Gasteiger partial charge in [0.15, 0.2) is 0 Å². The summed E-state index contributed by atoms with van der Waals surface area (Å²) in [6.07, 6.45) is 2.80. The Morgan fingerprint density at radius 2 is 2.47 bits per heavy atom. The Labute approximate surface area is 99.5 Å². The number of ether oxygens (including phenoxy) is 1. The van der Waals surface area contributed by atoms with Crippen molar-refractivity contribution in [3.8, 4) is 0 Å². The van der Waals surface area contributed by atoms with Gasteiger partial charge >= 0.3 is 0 Å². The van der Waals surface area contributed by atoms with Gasteiger partial charge in [0.25, 0.3) is 0 Å². The second-order valence-electron chi connectivity index (χ2n) is 4.14. The summed E-state index contributed by atoms with van der Waals surface area (Å²) in [5.41, 5.74) is 5.48. The van der Waals surface area contributed by atoms with Crippen LogP contribution in [-0.4, -0.2) is 29.6 Å². The molecule has 3 N–H and O–H groups in total. The average molecular weight is 239 g/mol. The molecule has 1 aromatic rings. The Balaban J connectivity index is 1.78. The highest BCUT2D eigenvalue weighted by Gasteiger charge is 2.29. The molecule has 0 spiro atoms. The number of nitrogens with zero attached hydrogens (tertiary/aromatic N) is 1. The van der Waals surface area contributed by atoms with Gasteiger partial charge < -0.3 is 20.2 Å². The summed E-state index contributed by atoms with van der Waals surface area (Å²) in [5.74, 6) is 1.11. The fraction of sp³-hybridized carbons (Fsp3) is 0.636. The molecule has 6 heteroatoms. The Morgan fingerprint density at radius 3 is 3.06 bits per heavy atom. The summed E-state index contributed by atoms with van der Waals surface area (Å²) < 4.78 is 10.7. The van der Waals surface area contributed by atoms with Crippen molar-refractivity contribution in [3.63, 3.8) is 0 Å². The van der Waals surface area contributed by atoms with Gasteiger partial charge in [-0.15, -0.1) is 0 Å². The minimum absolute atomic E-state index is 0.00901. The Kier molecular flexibility index (Phi) is 3.75. The first kappa shape index (κ1) is 12.1. The molecule has 1 amide bonds. The van der Waals surface area contributed by atoms with Crippen molar-refractivity contribution in [2.75, 3.05) is 6.54 Å². The molecule has 6 nitrogen and oxygen atoms in total. The quantitative estimate of drug-likeness (QED) is 0.778. The third kappa shape index (κ3) is 3.04. The second-order valence-corrected chi connectivity index (χ2v) is 4.14. The van der Waals surface area contributed by atoms with Gasteiger partial charge in [-0.1, -0.05) is 0 Å². The number of carbonyl (C=O) groups is 1. The lowest BCUT2D eigenvalue weighted by atomic mass is 10.2. The molecule has 2 atom stereocenters. The number of aromatic nitrogens is 1. The molecule has 2 heterocycles. The molecule has 94 valence electrons. The summed E-state index contributed by atoms with van der Waals surface area (Å²) in [6, 6.07) is 0. The number of rotatable bonds is 4. The zero-order valence-electron chi connectivity index (χ0n) is 9.81. The molecule has 1 aliphatic rings. The van der Waals surface area contributed by atoms with Crippen LogP contribution in [0.3, 0.4) is 0 Å². The van der Waals surface area contributed by atoms with Crippen LogP contribution >= 0.6 is 0 Å². The van der Waals surface area contributed by atoms with Crippen LogP contribution in [0.15, 0.2) is 10.6 Å². The molecular weight excluding hydrogens is 222 g/mol. The highest BCUT2D eigenvalue weighted by molar-refractivity contribution is 5.80. The van der Waals surface area contributed by atoms with E-state index >= 15 is 0 Å². The lowest BCUT2D eigenvalue weighted by Crippen LogP contribution is -2.35. The molecule has 0 bridgehead atoms. The van der Waals surface area contributed by atoms with Crippen LogP contribution in [0.1, 0.15) is 24.5 Å². The van der Waals surface area contributed by atoms with E-state index in [0.29, 0.717) is 19.0 Å². The number of amides is 1. The monoisotopic (exact) mass is 239 g/mol. The van der Waals surface area contributed by atoms with E-state index in [1.54, 1.807) is 6.20 Å². The summed E-state index contributed by atoms with van der Waals surface area (Å²) in [4.78, 5) is 15.7. The number of carbonyl (C=O) groups excluding carboxylic acids is 1. The lowest BCUT2D eigenvalue weighted by molar-refractivity contribution is -0.132.